The highest BCUT2D eigenvalue weighted by Gasteiger charge is 2.23. The summed E-state index contributed by atoms with van der Waals surface area (Å²) >= 11 is 1.72. The lowest BCUT2D eigenvalue weighted by atomic mass is 9.81. The third kappa shape index (κ3) is 2.58. The van der Waals surface area contributed by atoms with E-state index in [1.807, 2.05) is 5.38 Å². The van der Waals surface area contributed by atoms with Crippen molar-refractivity contribution in [1.82, 2.24) is 4.98 Å². The Bertz CT molecular complexity index is 302. The second-order valence-electron chi connectivity index (χ2n) is 4.46. The minimum atomic E-state index is 0.0841. The van der Waals surface area contributed by atoms with Gasteiger partial charge in [-0.05, 0) is 31.6 Å². The van der Waals surface area contributed by atoms with Crippen molar-refractivity contribution in [3.05, 3.63) is 16.1 Å². The number of aliphatic hydroxyl groups excluding tert-OH is 1. The summed E-state index contributed by atoms with van der Waals surface area (Å²) in [5.74, 6) is 1.61. The third-order valence-corrected chi connectivity index (χ3v) is 4.56. The van der Waals surface area contributed by atoms with Gasteiger partial charge in [-0.1, -0.05) is 13.3 Å². The summed E-state index contributed by atoms with van der Waals surface area (Å²) in [5, 5.41) is 12.2. The maximum atomic E-state index is 8.97. The van der Waals surface area contributed by atoms with E-state index in [2.05, 4.69) is 11.9 Å². The molecule has 84 valence electrons. The third-order valence-electron chi connectivity index (χ3n) is 3.50. The van der Waals surface area contributed by atoms with Crippen LogP contribution in [0.25, 0.3) is 0 Å². The Hall–Kier alpha value is -0.410. The van der Waals surface area contributed by atoms with Crippen molar-refractivity contribution in [1.29, 1.82) is 0 Å². The van der Waals surface area contributed by atoms with Crippen LogP contribution in [-0.4, -0.2) is 10.1 Å². The van der Waals surface area contributed by atoms with Crippen LogP contribution in [0, 0.1) is 5.92 Å². The normalized spacial score (nSPS) is 26.8. The molecular formula is C12H19NOS. The zero-order valence-corrected chi connectivity index (χ0v) is 10.1. The second kappa shape index (κ2) is 5.08. The molecule has 1 aliphatic carbocycles. The van der Waals surface area contributed by atoms with Crippen molar-refractivity contribution >= 4 is 11.3 Å². The summed E-state index contributed by atoms with van der Waals surface area (Å²) in [6.07, 6.45) is 6.62. The molecule has 0 bridgehead atoms. The Morgan fingerprint density at radius 3 is 2.67 bits per heavy atom. The molecule has 0 radical (unpaired) electrons. The number of hydrogen-bond acceptors (Lipinski definition) is 3. The molecule has 1 saturated carbocycles. The molecule has 0 saturated heterocycles. The number of rotatable bonds is 3. The Morgan fingerprint density at radius 1 is 1.40 bits per heavy atom. The topological polar surface area (TPSA) is 33.1 Å². The van der Waals surface area contributed by atoms with Crippen LogP contribution >= 0.6 is 11.3 Å². The van der Waals surface area contributed by atoms with Gasteiger partial charge in [0.1, 0.15) is 0 Å². The van der Waals surface area contributed by atoms with Crippen molar-refractivity contribution in [2.75, 3.05) is 0 Å². The van der Waals surface area contributed by atoms with E-state index in [9.17, 15) is 0 Å². The summed E-state index contributed by atoms with van der Waals surface area (Å²) in [6.45, 7) is 2.37. The summed E-state index contributed by atoms with van der Waals surface area (Å²) in [4.78, 5) is 4.47. The highest BCUT2D eigenvalue weighted by Crippen LogP contribution is 2.37. The molecule has 1 aromatic heterocycles. The largest absolute Gasteiger partial charge is 0.390 e. The van der Waals surface area contributed by atoms with Gasteiger partial charge in [0.25, 0.3) is 0 Å². The van der Waals surface area contributed by atoms with Gasteiger partial charge in [0.15, 0.2) is 0 Å². The van der Waals surface area contributed by atoms with Crippen molar-refractivity contribution in [3.8, 4) is 0 Å². The van der Waals surface area contributed by atoms with Crippen molar-refractivity contribution in [3.63, 3.8) is 0 Å². The predicted molar refractivity (Wildman–Crippen MR) is 63.0 cm³/mol. The first-order chi connectivity index (χ1) is 7.33. The van der Waals surface area contributed by atoms with Crippen LogP contribution < -0.4 is 0 Å². The van der Waals surface area contributed by atoms with E-state index in [-0.39, 0.29) is 6.61 Å². The molecular weight excluding hydrogens is 206 g/mol. The number of aliphatic hydroxyl groups is 1. The number of thiazole rings is 1. The van der Waals surface area contributed by atoms with Crippen molar-refractivity contribution in [2.24, 2.45) is 5.92 Å². The minimum absolute atomic E-state index is 0.0841. The standard InChI is InChI=1S/C12H19NOS/c1-2-9-3-5-10(6-4-9)12-13-11(7-14)8-15-12/h8-10,14H,2-7H2,1H3. The average molecular weight is 225 g/mol. The highest BCUT2D eigenvalue weighted by atomic mass is 32.1. The lowest BCUT2D eigenvalue weighted by Crippen LogP contribution is -2.12. The molecule has 3 heteroatoms. The first-order valence-electron chi connectivity index (χ1n) is 5.88. The Kier molecular flexibility index (Phi) is 3.76. The molecule has 0 aliphatic heterocycles. The smallest absolute Gasteiger partial charge is 0.0960 e. The zero-order valence-electron chi connectivity index (χ0n) is 9.28. The Labute approximate surface area is 95.4 Å². The minimum Gasteiger partial charge on any atom is -0.390 e. The van der Waals surface area contributed by atoms with Gasteiger partial charge in [-0.3, -0.25) is 0 Å². The predicted octanol–water partition coefficient (Wildman–Crippen LogP) is 3.32. The van der Waals surface area contributed by atoms with Crippen LogP contribution in [0.1, 0.15) is 55.6 Å². The molecule has 1 aliphatic rings. The highest BCUT2D eigenvalue weighted by molar-refractivity contribution is 7.09. The van der Waals surface area contributed by atoms with E-state index in [1.165, 1.54) is 37.1 Å². The van der Waals surface area contributed by atoms with Crippen LogP contribution in [0.3, 0.4) is 0 Å². The molecule has 1 aromatic rings. The van der Waals surface area contributed by atoms with Crippen molar-refractivity contribution < 1.29 is 5.11 Å². The Balaban J connectivity index is 1.95. The molecule has 15 heavy (non-hydrogen) atoms. The van der Waals surface area contributed by atoms with Gasteiger partial charge < -0.3 is 5.11 Å². The fraction of sp³-hybridized carbons (Fsp3) is 0.750. The van der Waals surface area contributed by atoms with Crippen LogP contribution in [0.2, 0.25) is 0 Å². The Morgan fingerprint density at radius 2 is 2.13 bits per heavy atom. The van der Waals surface area contributed by atoms with Gasteiger partial charge in [-0.15, -0.1) is 11.3 Å². The van der Waals surface area contributed by atoms with Crippen LogP contribution in [0.4, 0.5) is 0 Å². The van der Waals surface area contributed by atoms with Crippen molar-refractivity contribution in [2.45, 2.75) is 51.6 Å². The van der Waals surface area contributed by atoms with E-state index < -0.39 is 0 Å². The fourth-order valence-corrected chi connectivity index (χ4v) is 3.38. The first kappa shape index (κ1) is 11.1. The molecule has 0 aromatic carbocycles. The zero-order chi connectivity index (χ0) is 10.7. The SMILES string of the molecule is CCC1CCC(c2nc(CO)cs2)CC1. The molecule has 0 atom stereocenters. The summed E-state index contributed by atoms with van der Waals surface area (Å²) < 4.78 is 0. The average Bonchev–Trinajstić information content (AvgIpc) is 2.78. The summed E-state index contributed by atoms with van der Waals surface area (Å²) in [6, 6.07) is 0. The number of aromatic nitrogens is 1. The van der Waals surface area contributed by atoms with Gasteiger partial charge >= 0.3 is 0 Å². The van der Waals surface area contributed by atoms with E-state index >= 15 is 0 Å². The number of hydrogen-bond donors (Lipinski definition) is 1. The van der Waals surface area contributed by atoms with Gasteiger partial charge in [0.05, 0.1) is 17.3 Å². The molecule has 0 amide bonds. The second-order valence-corrected chi connectivity index (χ2v) is 5.35. The molecule has 1 fully saturated rings. The summed E-state index contributed by atoms with van der Waals surface area (Å²) in [7, 11) is 0. The maximum absolute atomic E-state index is 8.97. The molecule has 0 unspecified atom stereocenters. The van der Waals surface area contributed by atoms with Gasteiger partial charge in [0.2, 0.25) is 0 Å². The molecule has 0 spiro atoms. The molecule has 1 heterocycles. The number of nitrogens with zero attached hydrogens (tertiary/aromatic N) is 1. The van der Waals surface area contributed by atoms with E-state index in [0.717, 1.165) is 11.6 Å². The van der Waals surface area contributed by atoms with Gasteiger partial charge in [-0.25, -0.2) is 4.98 Å². The van der Waals surface area contributed by atoms with E-state index in [4.69, 9.17) is 5.11 Å². The van der Waals surface area contributed by atoms with Crippen LogP contribution in [0.15, 0.2) is 5.38 Å². The molecule has 1 N–H and O–H groups in total. The molecule has 2 rings (SSSR count). The lowest BCUT2D eigenvalue weighted by molar-refractivity contribution is 0.276. The monoisotopic (exact) mass is 225 g/mol. The van der Waals surface area contributed by atoms with Gasteiger partial charge in [0, 0.05) is 11.3 Å². The fourth-order valence-electron chi connectivity index (χ4n) is 2.40. The lowest BCUT2D eigenvalue weighted by Gasteiger charge is -2.26. The quantitative estimate of drug-likeness (QED) is 0.856. The van der Waals surface area contributed by atoms with Crippen LogP contribution in [-0.2, 0) is 6.61 Å². The van der Waals surface area contributed by atoms with E-state index in [0.29, 0.717) is 5.92 Å². The molecule has 2 nitrogen and oxygen atoms in total. The maximum Gasteiger partial charge on any atom is 0.0960 e. The van der Waals surface area contributed by atoms with Gasteiger partial charge in [-0.2, -0.15) is 0 Å². The van der Waals surface area contributed by atoms with Crippen LogP contribution in [0.5, 0.6) is 0 Å². The first-order valence-corrected chi connectivity index (χ1v) is 6.76. The van der Waals surface area contributed by atoms with E-state index in [1.54, 1.807) is 11.3 Å². The summed E-state index contributed by atoms with van der Waals surface area (Å²) in [5.41, 5.74) is 0.840.